The lowest BCUT2D eigenvalue weighted by atomic mass is 9.74. The summed E-state index contributed by atoms with van der Waals surface area (Å²) < 4.78 is 0. The van der Waals surface area contributed by atoms with Gasteiger partial charge in [0.2, 0.25) is 0 Å². The molecule has 0 nitrogen and oxygen atoms in total. The van der Waals surface area contributed by atoms with Crippen molar-refractivity contribution in [2.75, 3.05) is 0 Å². The molecule has 0 saturated heterocycles. The van der Waals surface area contributed by atoms with Gasteiger partial charge in [-0.3, -0.25) is 0 Å². The molecular weight excluding hydrogens is 228 g/mol. The van der Waals surface area contributed by atoms with Crippen molar-refractivity contribution in [3.8, 4) is 11.1 Å². The van der Waals surface area contributed by atoms with E-state index in [-0.39, 0.29) is 5.41 Å². The van der Waals surface area contributed by atoms with Gasteiger partial charge in [-0.25, -0.2) is 0 Å². The highest BCUT2D eigenvalue weighted by Gasteiger charge is 2.50. The molecule has 2 aliphatic carbocycles. The third-order valence-electron chi connectivity index (χ3n) is 5.18. The van der Waals surface area contributed by atoms with E-state index >= 15 is 0 Å². The van der Waals surface area contributed by atoms with Gasteiger partial charge in [0.05, 0.1) is 0 Å². The maximum atomic E-state index is 2.42. The topological polar surface area (TPSA) is 0 Å². The van der Waals surface area contributed by atoms with E-state index in [1.165, 1.54) is 30.4 Å². The smallest absolute Gasteiger partial charge is 0.0220 e. The molecular formula is C19H20. The Morgan fingerprint density at radius 1 is 0.737 bits per heavy atom. The molecule has 19 heavy (non-hydrogen) atoms. The molecule has 1 saturated carbocycles. The second-order valence-electron chi connectivity index (χ2n) is 7.01. The minimum absolute atomic E-state index is 0.288. The average Bonchev–Trinajstić information content (AvgIpc) is 2.89. The van der Waals surface area contributed by atoms with Crippen LogP contribution >= 0.6 is 0 Å². The Labute approximate surface area is 115 Å². The largest absolute Gasteiger partial charge is 0.0619 e. The van der Waals surface area contributed by atoms with E-state index in [1.807, 2.05) is 0 Å². The minimum Gasteiger partial charge on any atom is -0.0619 e. The second kappa shape index (κ2) is 3.50. The minimum atomic E-state index is 0.288. The average molecular weight is 248 g/mol. The lowest BCUT2D eigenvalue weighted by Gasteiger charge is -2.29. The van der Waals surface area contributed by atoms with E-state index in [0.717, 1.165) is 0 Å². The van der Waals surface area contributed by atoms with Crippen LogP contribution in [-0.2, 0) is 5.41 Å². The fourth-order valence-corrected chi connectivity index (χ4v) is 4.42. The van der Waals surface area contributed by atoms with Gasteiger partial charge in [0.25, 0.3) is 0 Å². The molecule has 0 amide bonds. The highest BCUT2D eigenvalue weighted by atomic mass is 14.5. The summed E-state index contributed by atoms with van der Waals surface area (Å²) in [6.45, 7) is 4.84. The van der Waals surface area contributed by atoms with Crippen molar-refractivity contribution < 1.29 is 0 Å². The molecule has 96 valence electrons. The Morgan fingerprint density at radius 3 is 1.74 bits per heavy atom. The van der Waals surface area contributed by atoms with Gasteiger partial charge >= 0.3 is 0 Å². The predicted molar refractivity (Wildman–Crippen MR) is 80.3 cm³/mol. The van der Waals surface area contributed by atoms with E-state index in [9.17, 15) is 0 Å². The van der Waals surface area contributed by atoms with Crippen LogP contribution in [-0.4, -0.2) is 0 Å². The van der Waals surface area contributed by atoms with Gasteiger partial charge in [-0.05, 0) is 46.9 Å². The normalized spacial score (nSPS) is 21.4. The van der Waals surface area contributed by atoms with Crippen LogP contribution in [0.4, 0.5) is 0 Å². The van der Waals surface area contributed by atoms with Crippen LogP contribution in [0, 0.1) is 5.41 Å². The lowest BCUT2D eigenvalue weighted by molar-refractivity contribution is 0.359. The van der Waals surface area contributed by atoms with Gasteiger partial charge in [0.1, 0.15) is 0 Å². The molecule has 0 N–H and O–H groups in total. The van der Waals surface area contributed by atoms with E-state index in [0.29, 0.717) is 5.41 Å². The van der Waals surface area contributed by atoms with Crippen LogP contribution in [0.5, 0.6) is 0 Å². The van der Waals surface area contributed by atoms with Crippen molar-refractivity contribution in [3.05, 3.63) is 59.7 Å². The van der Waals surface area contributed by atoms with Crippen LogP contribution in [0.1, 0.15) is 44.2 Å². The van der Waals surface area contributed by atoms with Crippen LogP contribution in [0.3, 0.4) is 0 Å². The van der Waals surface area contributed by atoms with Gasteiger partial charge in [-0.15, -0.1) is 0 Å². The summed E-state index contributed by atoms with van der Waals surface area (Å²) in [5, 5.41) is 0. The molecule has 2 aliphatic rings. The molecule has 0 heteroatoms. The molecule has 2 aromatic rings. The van der Waals surface area contributed by atoms with Gasteiger partial charge in [0, 0.05) is 5.41 Å². The summed E-state index contributed by atoms with van der Waals surface area (Å²) in [5.74, 6) is 0. The number of hydrogen-bond acceptors (Lipinski definition) is 0. The Hall–Kier alpha value is -1.56. The zero-order chi connectivity index (χ0) is 13.1. The molecule has 1 fully saturated rings. The monoisotopic (exact) mass is 248 g/mol. The number of fused-ring (bicyclic) bond motifs is 5. The maximum Gasteiger partial charge on any atom is 0.0220 e. The molecule has 0 aliphatic heterocycles. The van der Waals surface area contributed by atoms with Crippen LogP contribution in [0.2, 0.25) is 0 Å². The van der Waals surface area contributed by atoms with Crippen molar-refractivity contribution in [3.63, 3.8) is 0 Å². The zero-order valence-corrected chi connectivity index (χ0v) is 11.7. The first-order valence-electron chi connectivity index (χ1n) is 7.32. The molecule has 0 unspecified atom stereocenters. The first kappa shape index (κ1) is 11.3. The Balaban J connectivity index is 2.02. The first-order chi connectivity index (χ1) is 9.12. The summed E-state index contributed by atoms with van der Waals surface area (Å²) in [5.41, 5.74) is 6.83. The fraction of sp³-hybridized carbons (Fsp3) is 0.368. The number of hydrogen-bond donors (Lipinski definition) is 0. The van der Waals surface area contributed by atoms with Crippen molar-refractivity contribution in [1.82, 2.24) is 0 Å². The van der Waals surface area contributed by atoms with Gasteiger partial charge in [-0.2, -0.15) is 0 Å². The van der Waals surface area contributed by atoms with Crippen molar-refractivity contribution in [1.29, 1.82) is 0 Å². The Bertz CT molecular complexity index is 603. The fourth-order valence-electron chi connectivity index (χ4n) is 4.42. The Kier molecular flexibility index (Phi) is 2.08. The van der Waals surface area contributed by atoms with Crippen LogP contribution in [0.15, 0.2) is 48.5 Å². The van der Waals surface area contributed by atoms with Crippen LogP contribution in [0.25, 0.3) is 11.1 Å². The maximum absolute atomic E-state index is 2.42. The Morgan fingerprint density at radius 2 is 1.26 bits per heavy atom. The van der Waals surface area contributed by atoms with Crippen molar-refractivity contribution in [2.24, 2.45) is 5.41 Å². The zero-order valence-electron chi connectivity index (χ0n) is 11.7. The molecule has 0 atom stereocenters. The van der Waals surface area contributed by atoms with E-state index in [1.54, 1.807) is 11.1 Å². The standard InChI is InChI=1S/C19H20/c1-18(2)11-12-19(13-18)16-9-5-3-7-14(16)15-8-4-6-10-17(15)19/h3-10H,11-13H2,1-2H3. The number of rotatable bonds is 0. The lowest BCUT2D eigenvalue weighted by Crippen LogP contribution is -2.22. The molecule has 0 heterocycles. The first-order valence-corrected chi connectivity index (χ1v) is 7.32. The third-order valence-corrected chi connectivity index (χ3v) is 5.18. The predicted octanol–water partition coefficient (Wildman–Crippen LogP) is 5.16. The molecule has 2 aromatic carbocycles. The molecule has 4 rings (SSSR count). The SMILES string of the molecule is CC1(C)CCC2(C1)c1ccccc1-c1ccccc12. The summed E-state index contributed by atoms with van der Waals surface area (Å²) in [6.07, 6.45) is 3.91. The second-order valence-corrected chi connectivity index (χ2v) is 7.01. The quantitative estimate of drug-likeness (QED) is 0.604. The van der Waals surface area contributed by atoms with E-state index < -0.39 is 0 Å². The summed E-state index contributed by atoms with van der Waals surface area (Å²) >= 11 is 0. The highest BCUT2D eigenvalue weighted by Crippen LogP contribution is 2.60. The molecule has 0 aromatic heterocycles. The molecule has 0 radical (unpaired) electrons. The van der Waals surface area contributed by atoms with Crippen molar-refractivity contribution in [2.45, 2.75) is 38.5 Å². The van der Waals surface area contributed by atoms with Gasteiger partial charge in [0.15, 0.2) is 0 Å². The van der Waals surface area contributed by atoms with Gasteiger partial charge in [-0.1, -0.05) is 62.4 Å². The van der Waals surface area contributed by atoms with Gasteiger partial charge < -0.3 is 0 Å². The third kappa shape index (κ3) is 1.40. The van der Waals surface area contributed by atoms with E-state index in [2.05, 4.69) is 62.4 Å². The molecule has 1 spiro atoms. The summed E-state index contributed by atoms with van der Waals surface area (Å²) in [7, 11) is 0. The number of benzene rings is 2. The van der Waals surface area contributed by atoms with Crippen molar-refractivity contribution >= 4 is 0 Å². The summed E-state index contributed by atoms with van der Waals surface area (Å²) in [4.78, 5) is 0. The highest BCUT2D eigenvalue weighted by molar-refractivity contribution is 5.81. The molecule has 0 bridgehead atoms. The van der Waals surface area contributed by atoms with E-state index in [4.69, 9.17) is 0 Å². The van der Waals surface area contributed by atoms with Crippen LogP contribution < -0.4 is 0 Å². The summed E-state index contributed by atoms with van der Waals surface area (Å²) in [6, 6.07) is 18.1.